The van der Waals surface area contributed by atoms with E-state index in [1.165, 1.54) is 44.1 Å². The van der Waals surface area contributed by atoms with E-state index in [0.717, 1.165) is 29.6 Å². The van der Waals surface area contributed by atoms with E-state index in [9.17, 15) is 0 Å². The van der Waals surface area contributed by atoms with Crippen molar-refractivity contribution >= 4 is 17.3 Å². The summed E-state index contributed by atoms with van der Waals surface area (Å²) < 4.78 is 10.6. The number of ether oxygens (including phenoxy) is 2. The lowest BCUT2D eigenvalue weighted by Crippen LogP contribution is -2.42. The monoisotopic (exact) mass is 336 g/mol. The Morgan fingerprint density at radius 1 is 1.09 bits per heavy atom. The molecule has 2 N–H and O–H groups in total. The van der Waals surface area contributed by atoms with Gasteiger partial charge < -0.3 is 20.1 Å². The molecule has 0 saturated heterocycles. The highest BCUT2D eigenvalue weighted by molar-refractivity contribution is 7.80. The zero-order valence-corrected chi connectivity index (χ0v) is 15.0. The van der Waals surface area contributed by atoms with Crippen LogP contribution in [-0.4, -0.2) is 31.9 Å². The summed E-state index contributed by atoms with van der Waals surface area (Å²) in [5, 5.41) is 7.55. The van der Waals surface area contributed by atoms with Crippen molar-refractivity contribution in [3.8, 4) is 11.5 Å². The van der Waals surface area contributed by atoms with Gasteiger partial charge in [0.1, 0.15) is 0 Å². The predicted molar refractivity (Wildman–Crippen MR) is 98.5 cm³/mol. The van der Waals surface area contributed by atoms with Gasteiger partial charge in [-0.2, -0.15) is 0 Å². The van der Waals surface area contributed by atoms with Gasteiger partial charge in [0.25, 0.3) is 0 Å². The van der Waals surface area contributed by atoms with E-state index in [1.807, 2.05) is 12.1 Å². The molecule has 5 heteroatoms. The van der Waals surface area contributed by atoms with Crippen LogP contribution < -0.4 is 20.1 Å². The van der Waals surface area contributed by atoms with E-state index in [1.54, 1.807) is 14.2 Å². The standard InChI is InChI=1S/C18H28N2O2S/c1-21-16-10-9-14(13-17(16)22-2)11-12-19-18(23)20-15-7-5-3-4-6-8-15/h9-10,13,15H,3-8,11-12H2,1-2H3,(H2,19,20,23). The van der Waals surface area contributed by atoms with Gasteiger partial charge in [0, 0.05) is 12.6 Å². The summed E-state index contributed by atoms with van der Waals surface area (Å²) in [7, 11) is 3.31. The van der Waals surface area contributed by atoms with Gasteiger partial charge in [0.05, 0.1) is 14.2 Å². The van der Waals surface area contributed by atoms with Gasteiger partial charge >= 0.3 is 0 Å². The molecule has 1 aliphatic rings. The smallest absolute Gasteiger partial charge is 0.166 e. The van der Waals surface area contributed by atoms with Gasteiger partial charge in [0.2, 0.25) is 0 Å². The first-order valence-corrected chi connectivity index (χ1v) is 8.89. The molecule has 0 aromatic heterocycles. The van der Waals surface area contributed by atoms with Crippen LogP contribution in [0.5, 0.6) is 11.5 Å². The SMILES string of the molecule is COc1ccc(CCNC(=S)NC2CCCCCC2)cc1OC. The fourth-order valence-corrected chi connectivity index (χ4v) is 3.29. The van der Waals surface area contributed by atoms with E-state index in [4.69, 9.17) is 21.7 Å². The second-order valence-corrected chi connectivity index (χ2v) is 6.44. The maximum absolute atomic E-state index is 5.42. The molecule has 1 aromatic rings. The van der Waals surface area contributed by atoms with Gasteiger partial charge in [-0.3, -0.25) is 0 Å². The molecule has 4 nitrogen and oxygen atoms in total. The number of methoxy groups -OCH3 is 2. The fourth-order valence-electron chi connectivity index (χ4n) is 3.02. The second-order valence-electron chi connectivity index (χ2n) is 6.03. The largest absolute Gasteiger partial charge is 0.493 e. The highest BCUT2D eigenvalue weighted by atomic mass is 32.1. The molecule has 1 saturated carbocycles. The summed E-state index contributed by atoms with van der Waals surface area (Å²) >= 11 is 5.42. The molecule has 0 unspecified atom stereocenters. The number of nitrogens with one attached hydrogen (secondary N) is 2. The number of hydrogen-bond acceptors (Lipinski definition) is 3. The maximum atomic E-state index is 5.42. The molecule has 0 heterocycles. The van der Waals surface area contributed by atoms with Crippen molar-refractivity contribution in [3.05, 3.63) is 23.8 Å². The van der Waals surface area contributed by atoms with Crippen LogP contribution in [0, 0.1) is 0 Å². The van der Waals surface area contributed by atoms with Crippen LogP contribution >= 0.6 is 12.2 Å². The Kier molecular flexibility index (Phi) is 7.46. The fraction of sp³-hybridized carbons (Fsp3) is 0.611. The number of benzene rings is 1. The molecule has 23 heavy (non-hydrogen) atoms. The first-order chi connectivity index (χ1) is 11.2. The van der Waals surface area contributed by atoms with Crippen LogP contribution in [0.1, 0.15) is 44.1 Å². The minimum Gasteiger partial charge on any atom is -0.493 e. The van der Waals surface area contributed by atoms with Crippen molar-refractivity contribution in [2.45, 2.75) is 51.0 Å². The average Bonchev–Trinajstić information content (AvgIpc) is 2.83. The zero-order valence-electron chi connectivity index (χ0n) is 14.2. The Morgan fingerprint density at radius 2 is 1.78 bits per heavy atom. The lowest BCUT2D eigenvalue weighted by molar-refractivity contribution is 0.354. The van der Waals surface area contributed by atoms with Crippen LogP contribution in [-0.2, 0) is 6.42 Å². The summed E-state index contributed by atoms with van der Waals surface area (Å²) in [5.74, 6) is 1.53. The molecule has 0 aliphatic heterocycles. The average molecular weight is 337 g/mol. The van der Waals surface area contributed by atoms with Crippen LogP contribution in [0.15, 0.2) is 18.2 Å². The van der Waals surface area contributed by atoms with Gasteiger partial charge in [-0.25, -0.2) is 0 Å². The van der Waals surface area contributed by atoms with Crippen molar-refractivity contribution in [1.29, 1.82) is 0 Å². The molecule has 1 aliphatic carbocycles. The van der Waals surface area contributed by atoms with E-state index in [0.29, 0.717) is 6.04 Å². The summed E-state index contributed by atoms with van der Waals surface area (Å²) in [6.07, 6.45) is 8.70. The number of thiocarbonyl (C=S) groups is 1. The molecular formula is C18H28N2O2S. The van der Waals surface area contributed by atoms with E-state index < -0.39 is 0 Å². The van der Waals surface area contributed by atoms with Gasteiger partial charge in [-0.1, -0.05) is 31.7 Å². The molecule has 0 amide bonds. The molecule has 1 aromatic carbocycles. The molecule has 0 bridgehead atoms. The Balaban J connectivity index is 1.74. The van der Waals surface area contributed by atoms with E-state index in [2.05, 4.69) is 16.7 Å². The minimum absolute atomic E-state index is 0.540. The normalized spacial score (nSPS) is 15.6. The van der Waals surface area contributed by atoms with Gasteiger partial charge in [0.15, 0.2) is 16.6 Å². The molecular weight excluding hydrogens is 308 g/mol. The summed E-state index contributed by atoms with van der Waals surface area (Å²) in [6.45, 7) is 0.814. The minimum atomic E-state index is 0.540. The Labute approximate surface area is 144 Å². The molecule has 0 radical (unpaired) electrons. The van der Waals surface area contributed by atoms with Crippen molar-refractivity contribution < 1.29 is 9.47 Å². The maximum Gasteiger partial charge on any atom is 0.166 e. The zero-order chi connectivity index (χ0) is 16.5. The third kappa shape index (κ3) is 5.90. The Hall–Kier alpha value is -1.49. The molecule has 128 valence electrons. The lowest BCUT2D eigenvalue weighted by Gasteiger charge is -2.19. The van der Waals surface area contributed by atoms with Crippen LogP contribution in [0.4, 0.5) is 0 Å². The molecule has 0 atom stereocenters. The predicted octanol–water partition coefficient (Wildman–Crippen LogP) is 3.43. The van der Waals surface area contributed by atoms with Crippen molar-refractivity contribution in [2.75, 3.05) is 20.8 Å². The molecule has 2 rings (SSSR count). The summed E-state index contributed by atoms with van der Waals surface area (Å²) in [4.78, 5) is 0. The van der Waals surface area contributed by atoms with E-state index >= 15 is 0 Å². The topological polar surface area (TPSA) is 42.5 Å². The van der Waals surface area contributed by atoms with Crippen LogP contribution in [0.3, 0.4) is 0 Å². The Morgan fingerprint density at radius 3 is 2.43 bits per heavy atom. The molecule has 1 fully saturated rings. The third-order valence-electron chi connectivity index (χ3n) is 4.34. The number of hydrogen-bond donors (Lipinski definition) is 2. The lowest BCUT2D eigenvalue weighted by atomic mass is 10.1. The number of rotatable bonds is 6. The first-order valence-electron chi connectivity index (χ1n) is 8.48. The van der Waals surface area contributed by atoms with Gasteiger partial charge in [-0.15, -0.1) is 0 Å². The van der Waals surface area contributed by atoms with Gasteiger partial charge in [-0.05, 0) is 49.2 Å². The molecule has 0 spiro atoms. The van der Waals surface area contributed by atoms with Crippen molar-refractivity contribution in [2.24, 2.45) is 0 Å². The Bertz CT molecular complexity index is 500. The second kappa shape index (κ2) is 9.60. The van der Waals surface area contributed by atoms with Crippen molar-refractivity contribution in [1.82, 2.24) is 10.6 Å². The first kappa shape index (κ1) is 17.9. The summed E-state index contributed by atoms with van der Waals surface area (Å²) in [6, 6.07) is 6.56. The van der Waals surface area contributed by atoms with Crippen LogP contribution in [0.2, 0.25) is 0 Å². The van der Waals surface area contributed by atoms with E-state index in [-0.39, 0.29) is 0 Å². The highest BCUT2D eigenvalue weighted by Crippen LogP contribution is 2.27. The summed E-state index contributed by atoms with van der Waals surface area (Å²) in [5.41, 5.74) is 1.20. The van der Waals surface area contributed by atoms with Crippen molar-refractivity contribution in [3.63, 3.8) is 0 Å². The highest BCUT2D eigenvalue weighted by Gasteiger charge is 2.12. The quantitative estimate of drug-likeness (QED) is 0.615. The third-order valence-corrected chi connectivity index (χ3v) is 4.60. The van der Waals surface area contributed by atoms with Crippen LogP contribution in [0.25, 0.3) is 0 Å².